The number of anilines is 8. The molecule has 0 unspecified atom stereocenters. The quantitative estimate of drug-likeness (QED) is 0.0829. The number of nitrogens with one attached hydrogen (secondary N) is 4. The molecule has 0 saturated carbocycles. The molecule has 0 aliphatic heterocycles. The molecule has 0 bridgehead atoms. The van der Waals surface area contributed by atoms with Crippen molar-refractivity contribution in [2.75, 3.05) is 69.1 Å². The third-order valence-electron chi connectivity index (χ3n) is 8.44. The first-order valence-corrected chi connectivity index (χ1v) is 16.9. The normalized spacial score (nSPS) is 10.4. The number of hydrogen-bond acceptors (Lipinski definition) is 6. The van der Waals surface area contributed by atoms with Gasteiger partial charge in [-0.3, -0.25) is 19.6 Å². The Kier molecular flexibility index (Phi) is 12.1. The number of carbonyl (C=O) groups is 6. The molecule has 5 rings (SSSR count). The van der Waals surface area contributed by atoms with Crippen molar-refractivity contribution in [3.05, 3.63) is 132 Å². The van der Waals surface area contributed by atoms with Crippen LogP contribution < -0.4 is 40.9 Å². The van der Waals surface area contributed by atoms with Gasteiger partial charge in [0.1, 0.15) is 0 Å². The van der Waals surface area contributed by atoms with E-state index >= 15 is 0 Å². The lowest BCUT2D eigenvalue weighted by Gasteiger charge is -2.28. The van der Waals surface area contributed by atoms with Gasteiger partial charge in [-0.1, -0.05) is 42.5 Å². The molecule has 16 nitrogen and oxygen atoms in total. The van der Waals surface area contributed by atoms with Gasteiger partial charge >= 0.3 is 36.1 Å². The Labute approximate surface area is 321 Å². The van der Waals surface area contributed by atoms with Crippen LogP contribution in [0.3, 0.4) is 0 Å². The van der Waals surface area contributed by atoms with Crippen LogP contribution in [0.5, 0.6) is 0 Å². The molecule has 6 N–H and O–H groups in total. The van der Waals surface area contributed by atoms with Crippen molar-refractivity contribution >= 4 is 81.6 Å². The Balaban J connectivity index is 1.31. The summed E-state index contributed by atoms with van der Waals surface area (Å²) >= 11 is 0. The van der Waals surface area contributed by atoms with Crippen molar-refractivity contribution < 1.29 is 39.0 Å². The molecule has 0 aromatic heterocycles. The molecular formula is C40H38N8O8. The summed E-state index contributed by atoms with van der Waals surface area (Å²) in [5, 5.41) is 30.0. The number of carboxylic acid groups (broad SMARTS) is 2. The summed E-state index contributed by atoms with van der Waals surface area (Å²) in [4.78, 5) is 81.7. The van der Waals surface area contributed by atoms with Gasteiger partial charge in [0.15, 0.2) is 0 Å². The number of rotatable bonds is 10. The van der Waals surface area contributed by atoms with E-state index in [1.807, 2.05) is 0 Å². The molecule has 0 heterocycles. The molecule has 5 aromatic rings. The van der Waals surface area contributed by atoms with Crippen LogP contribution in [0.25, 0.3) is 0 Å². The smallest absolute Gasteiger partial charge is 0.335 e. The molecule has 0 saturated heterocycles. The SMILES string of the molecule is CN(C(=O)N(C)c1cccc(N(C)C(=O)N(C)c2cc(NC(=O)Nc3ccccc3)cc(C(=O)O)c2)c1)c1cc(NC(=O)Nc2ccccc2)cc(C(=O)O)c1. The second-order valence-electron chi connectivity index (χ2n) is 12.4. The van der Waals surface area contributed by atoms with E-state index in [0.717, 1.165) is 0 Å². The van der Waals surface area contributed by atoms with Crippen LogP contribution in [-0.2, 0) is 0 Å². The van der Waals surface area contributed by atoms with Crippen LogP contribution in [-0.4, -0.2) is 74.5 Å². The summed E-state index contributed by atoms with van der Waals surface area (Å²) in [7, 11) is 5.89. The Morgan fingerprint density at radius 1 is 0.393 bits per heavy atom. The summed E-state index contributed by atoms with van der Waals surface area (Å²) < 4.78 is 0. The van der Waals surface area contributed by atoms with Crippen molar-refractivity contribution in [2.24, 2.45) is 0 Å². The maximum atomic E-state index is 13.7. The van der Waals surface area contributed by atoms with Crippen LogP contribution in [0.2, 0.25) is 0 Å². The molecule has 0 radical (unpaired) electrons. The molecule has 16 heteroatoms. The van der Waals surface area contributed by atoms with Gasteiger partial charge < -0.3 is 31.5 Å². The topological polar surface area (TPSA) is 204 Å². The number of carboxylic acids is 2. The number of aromatic carboxylic acids is 2. The minimum absolute atomic E-state index is 0.133. The molecule has 0 atom stereocenters. The van der Waals surface area contributed by atoms with E-state index in [9.17, 15) is 39.0 Å². The summed E-state index contributed by atoms with van der Waals surface area (Å²) in [6, 6.07) is 29.5. The van der Waals surface area contributed by atoms with Gasteiger partial charge in [0.2, 0.25) is 0 Å². The molecular weight excluding hydrogens is 720 g/mol. The van der Waals surface area contributed by atoms with E-state index in [0.29, 0.717) is 22.7 Å². The molecule has 0 aliphatic carbocycles. The number of urea groups is 4. The first kappa shape index (κ1) is 39.3. The number of benzene rings is 5. The molecule has 286 valence electrons. The van der Waals surface area contributed by atoms with Crippen molar-refractivity contribution in [2.45, 2.75) is 0 Å². The zero-order chi connectivity index (χ0) is 40.5. The summed E-state index contributed by atoms with van der Waals surface area (Å²) in [5.74, 6) is -2.54. The highest BCUT2D eigenvalue weighted by Crippen LogP contribution is 2.28. The van der Waals surface area contributed by atoms with E-state index in [2.05, 4.69) is 21.3 Å². The lowest BCUT2D eigenvalue weighted by atomic mass is 10.1. The van der Waals surface area contributed by atoms with Crippen molar-refractivity contribution in [3.63, 3.8) is 0 Å². The average Bonchev–Trinajstić information content (AvgIpc) is 3.19. The van der Waals surface area contributed by atoms with E-state index in [4.69, 9.17) is 0 Å². The molecule has 0 aliphatic rings. The average molecular weight is 759 g/mol. The maximum Gasteiger partial charge on any atom is 0.335 e. The van der Waals surface area contributed by atoms with Crippen LogP contribution in [0, 0.1) is 0 Å². The predicted molar refractivity (Wildman–Crippen MR) is 216 cm³/mol. The monoisotopic (exact) mass is 758 g/mol. The number of carbonyl (C=O) groups excluding carboxylic acids is 4. The standard InChI is InChI=1S/C40H38N8O8/c1-45(39(55)47(3)33-20-25(35(49)50)18-29(22-33)43-37(53)41-27-12-7-5-8-13-27)31-16-11-17-32(24-31)46(2)40(56)48(4)34-21-26(36(51)52)19-30(23-34)44-38(54)42-28-14-9-6-10-15-28/h5-24H,1-4H3,(H,49,50)(H,51,52)(H2,41,43,53)(H2,42,44,54). The second kappa shape index (κ2) is 17.3. The molecule has 5 aromatic carbocycles. The number of amides is 8. The lowest BCUT2D eigenvalue weighted by Crippen LogP contribution is -2.40. The minimum atomic E-state index is -1.27. The summed E-state index contributed by atoms with van der Waals surface area (Å²) in [6.45, 7) is 0. The first-order valence-electron chi connectivity index (χ1n) is 16.9. The van der Waals surface area contributed by atoms with Gasteiger partial charge in [0, 0.05) is 73.7 Å². The number of nitrogens with zero attached hydrogens (tertiary/aromatic N) is 4. The van der Waals surface area contributed by atoms with Gasteiger partial charge in [-0.25, -0.2) is 28.8 Å². The van der Waals surface area contributed by atoms with E-state index in [1.54, 1.807) is 84.9 Å². The third kappa shape index (κ3) is 9.75. The molecule has 0 fully saturated rings. The van der Waals surface area contributed by atoms with Crippen LogP contribution in [0.15, 0.2) is 121 Å². The van der Waals surface area contributed by atoms with Crippen molar-refractivity contribution in [1.82, 2.24) is 0 Å². The summed E-state index contributed by atoms with van der Waals surface area (Å²) in [6.07, 6.45) is 0. The zero-order valence-corrected chi connectivity index (χ0v) is 30.7. The van der Waals surface area contributed by atoms with Gasteiger partial charge in [-0.2, -0.15) is 0 Å². The van der Waals surface area contributed by atoms with Gasteiger partial charge in [0.05, 0.1) is 11.1 Å². The van der Waals surface area contributed by atoms with Crippen LogP contribution in [0.4, 0.5) is 64.7 Å². The van der Waals surface area contributed by atoms with Gasteiger partial charge in [-0.15, -0.1) is 0 Å². The van der Waals surface area contributed by atoms with Crippen molar-refractivity contribution in [3.8, 4) is 0 Å². The maximum absolute atomic E-state index is 13.7. The highest BCUT2D eigenvalue weighted by molar-refractivity contribution is 6.08. The fraction of sp³-hybridized carbons (Fsp3) is 0.100. The molecule has 8 amide bonds. The Morgan fingerprint density at radius 2 is 0.732 bits per heavy atom. The van der Waals surface area contributed by atoms with Gasteiger partial charge in [0.25, 0.3) is 0 Å². The Morgan fingerprint density at radius 3 is 1.09 bits per heavy atom. The fourth-order valence-corrected chi connectivity index (χ4v) is 5.43. The van der Waals surface area contributed by atoms with Gasteiger partial charge in [-0.05, 0) is 78.9 Å². The van der Waals surface area contributed by atoms with E-state index < -0.39 is 36.1 Å². The third-order valence-corrected chi connectivity index (χ3v) is 8.44. The highest BCUT2D eigenvalue weighted by Gasteiger charge is 2.23. The first-order chi connectivity index (χ1) is 26.7. The Bertz CT molecular complexity index is 2130. The minimum Gasteiger partial charge on any atom is -0.478 e. The number of hydrogen-bond donors (Lipinski definition) is 6. The lowest BCUT2D eigenvalue weighted by molar-refractivity contribution is 0.0686. The molecule has 56 heavy (non-hydrogen) atoms. The Hall–Kier alpha value is -7.88. The fourth-order valence-electron chi connectivity index (χ4n) is 5.43. The van der Waals surface area contributed by atoms with Crippen LogP contribution >= 0.6 is 0 Å². The summed E-state index contributed by atoms with van der Waals surface area (Å²) in [5.41, 5.74) is 2.08. The zero-order valence-electron chi connectivity index (χ0n) is 30.7. The number of para-hydroxylation sites is 2. The predicted octanol–water partition coefficient (Wildman–Crippen LogP) is 7.76. The highest BCUT2D eigenvalue weighted by atomic mass is 16.4. The van der Waals surface area contributed by atoms with E-state index in [-0.39, 0.29) is 33.9 Å². The van der Waals surface area contributed by atoms with Crippen molar-refractivity contribution in [1.29, 1.82) is 0 Å². The van der Waals surface area contributed by atoms with Crippen LogP contribution in [0.1, 0.15) is 20.7 Å². The largest absolute Gasteiger partial charge is 0.478 e. The second-order valence-corrected chi connectivity index (χ2v) is 12.4. The van der Waals surface area contributed by atoms with E-state index in [1.165, 1.54) is 84.2 Å². The molecule has 0 spiro atoms.